The fourth-order valence-corrected chi connectivity index (χ4v) is 2.55. The number of nitrogens with one attached hydrogen (secondary N) is 1. The molecule has 0 amide bonds. The molecule has 0 spiro atoms. The van der Waals surface area contributed by atoms with Gasteiger partial charge in [-0.25, -0.2) is 4.79 Å². The quantitative estimate of drug-likeness (QED) is 0.761. The third kappa shape index (κ3) is 2.24. The highest BCUT2D eigenvalue weighted by Crippen LogP contribution is 2.26. The van der Waals surface area contributed by atoms with Gasteiger partial charge in [0.25, 0.3) is 0 Å². The van der Waals surface area contributed by atoms with Crippen LogP contribution in [0.25, 0.3) is 11.1 Å². The molecule has 0 aliphatic rings. The first-order valence-corrected chi connectivity index (χ1v) is 6.57. The Bertz CT molecular complexity index is 835. The predicted octanol–water partition coefficient (Wildman–Crippen LogP) is 3.13. The van der Waals surface area contributed by atoms with E-state index in [1.54, 1.807) is 12.1 Å². The van der Waals surface area contributed by atoms with Gasteiger partial charge in [0.15, 0.2) is 5.58 Å². The molecule has 0 aliphatic carbocycles. The monoisotopic (exact) mass is 288 g/mol. The summed E-state index contributed by atoms with van der Waals surface area (Å²) in [6, 6.07) is 10.8. The summed E-state index contributed by atoms with van der Waals surface area (Å²) < 4.78 is 5.06. The minimum atomic E-state index is -0.464. The van der Waals surface area contributed by atoms with Crippen molar-refractivity contribution < 1.29 is 4.42 Å². The van der Waals surface area contributed by atoms with Crippen molar-refractivity contribution >= 4 is 22.7 Å². The molecule has 102 valence electrons. The number of rotatable bonds is 2. The van der Waals surface area contributed by atoms with Crippen LogP contribution in [0, 0.1) is 6.92 Å². The zero-order chi connectivity index (χ0) is 14.3. The third-order valence-corrected chi connectivity index (χ3v) is 3.61. The van der Waals surface area contributed by atoms with Gasteiger partial charge in [-0.05, 0) is 47.9 Å². The molecular weight excluding hydrogens is 276 g/mol. The third-order valence-electron chi connectivity index (χ3n) is 3.37. The van der Waals surface area contributed by atoms with Crippen LogP contribution in [-0.2, 0) is 0 Å². The van der Waals surface area contributed by atoms with Gasteiger partial charge in [-0.3, -0.25) is 4.98 Å². The smallest absolute Gasteiger partial charge is 0.408 e. The minimum Gasteiger partial charge on any atom is -0.408 e. The molecule has 0 aliphatic heterocycles. The van der Waals surface area contributed by atoms with Crippen LogP contribution in [0.2, 0.25) is 5.02 Å². The molecule has 1 atom stereocenters. The Labute approximate surface area is 120 Å². The van der Waals surface area contributed by atoms with E-state index in [0.717, 1.165) is 16.7 Å². The molecule has 20 heavy (non-hydrogen) atoms. The topological polar surface area (TPSA) is 72.0 Å². The van der Waals surface area contributed by atoms with E-state index in [0.29, 0.717) is 16.1 Å². The van der Waals surface area contributed by atoms with Gasteiger partial charge in [-0.15, -0.1) is 0 Å². The normalized spacial score (nSPS) is 12.8. The predicted molar refractivity (Wildman–Crippen MR) is 79.1 cm³/mol. The molecular formula is C15H13ClN2O2. The highest BCUT2D eigenvalue weighted by molar-refractivity contribution is 6.30. The lowest BCUT2D eigenvalue weighted by molar-refractivity contribution is 0.555. The van der Waals surface area contributed by atoms with Gasteiger partial charge < -0.3 is 10.2 Å². The molecule has 0 bridgehead atoms. The number of H-pyrrole nitrogens is 1. The van der Waals surface area contributed by atoms with Crippen LogP contribution in [0.1, 0.15) is 22.7 Å². The maximum Gasteiger partial charge on any atom is 0.417 e. The first kappa shape index (κ1) is 13.0. The van der Waals surface area contributed by atoms with Crippen LogP contribution in [0.15, 0.2) is 45.6 Å². The number of nitrogens with two attached hydrogens (primary N) is 1. The van der Waals surface area contributed by atoms with E-state index in [1.165, 1.54) is 0 Å². The molecule has 5 heteroatoms. The number of benzene rings is 2. The van der Waals surface area contributed by atoms with Crippen LogP contribution in [0.3, 0.4) is 0 Å². The van der Waals surface area contributed by atoms with E-state index in [9.17, 15) is 4.79 Å². The van der Waals surface area contributed by atoms with Crippen molar-refractivity contribution in [2.75, 3.05) is 0 Å². The number of fused-ring (bicyclic) bond motifs is 1. The number of halogens is 1. The number of aryl methyl sites for hydroxylation is 1. The van der Waals surface area contributed by atoms with Gasteiger partial charge in [0.05, 0.1) is 11.6 Å². The largest absolute Gasteiger partial charge is 0.417 e. The second kappa shape index (κ2) is 4.81. The second-order valence-corrected chi connectivity index (χ2v) is 5.19. The van der Waals surface area contributed by atoms with Gasteiger partial charge in [-0.1, -0.05) is 23.7 Å². The van der Waals surface area contributed by atoms with Crippen LogP contribution in [0.4, 0.5) is 0 Å². The Balaban J connectivity index is 2.06. The SMILES string of the molecule is Cc1cc(Cl)ccc1C(N)c1ccc2[nH]c(=O)oc2c1. The van der Waals surface area contributed by atoms with Gasteiger partial charge in [-0.2, -0.15) is 0 Å². The van der Waals surface area contributed by atoms with E-state index in [1.807, 2.05) is 31.2 Å². The Morgan fingerprint density at radius 2 is 2.05 bits per heavy atom. The number of aromatic amines is 1. The summed E-state index contributed by atoms with van der Waals surface area (Å²) in [5, 5.41) is 0.686. The van der Waals surface area contributed by atoms with Gasteiger partial charge in [0.1, 0.15) is 0 Å². The Hall–Kier alpha value is -2.04. The number of oxazole rings is 1. The Morgan fingerprint density at radius 1 is 1.25 bits per heavy atom. The summed E-state index contributed by atoms with van der Waals surface area (Å²) in [6.07, 6.45) is 0. The average molecular weight is 289 g/mol. The second-order valence-electron chi connectivity index (χ2n) is 4.75. The lowest BCUT2D eigenvalue weighted by Gasteiger charge is -2.15. The number of hydrogen-bond donors (Lipinski definition) is 2. The van der Waals surface area contributed by atoms with Gasteiger partial charge in [0, 0.05) is 5.02 Å². The Kier molecular flexibility index (Phi) is 3.12. The number of hydrogen-bond acceptors (Lipinski definition) is 3. The first-order chi connectivity index (χ1) is 9.54. The van der Waals surface area contributed by atoms with Crippen LogP contribution >= 0.6 is 11.6 Å². The average Bonchev–Trinajstić information content (AvgIpc) is 2.77. The molecule has 2 aromatic carbocycles. The van der Waals surface area contributed by atoms with Crippen molar-refractivity contribution in [3.63, 3.8) is 0 Å². The van der Waals surface area contributed by atoms with Crippen LogP contribution in [0.5, 0.6) is 0 Å². The highest BCUT2D eigenvalue weighted by Gasteiger charge is 2.13. The van der Waals surface area contributed by atoms with E-state index in [4.69, 9.17) is 21.8 Å². The molecule has 1 heterocycles. The van der Waals surface area contributed by atoms with E-state index < -0.39 is 5.76 Å². The summed E-state index contributed by atoms with van der Waals surface area (Å²) >= 11 is 5.95. The molecule has 0 saturated heterocycles. The van der Waals surface area contributed by atoms with Gasteiger partial charge in [0.2, 0.25) is 0 Å². The van der Waals surface area contributed by atoms with E-state index in [-0.39, 0.29) is 6.04 Å². The Morgan fingerprint density at radius 3 is 2.80 bits per heavy atom. The molecule has 0 radical (unpaired) electrons. The van der Waals surface area contributed by atoms with Crippen LogP contribution < -0.4 is 11.5 Å². The lowest BCUT2D eigenvalue weighted by Crippen LogP contribution is -2.13. The molecule has 3 rings (SSSR count). The van der Waals surface area contributed by atoms with E-state index in [2.05, 4.69) is 4.98 Å². The molecule has 0 fully saturated rings. The molecule has 1 aromatic heterocycles. The van der Waals surface area contributed by atoms with Crippen molar-refractivity contribution in [2.45, 2.75) is 13.0 Å². The first-order valence-electron chi connectivity index (χ1n) is 6.19. The summed E-state index contributed by atoms with van der Waals surface area (Å²) in [5.41, 5.74) is 10.4. The number of aromatic nitrogens is 1. The summed E-state index contributed by atoms with van der Waals surface area (Å²) in [7, 11) is 0. The lowest BCUT2D eigenvalue weighted by atomic mass is 9.96. The summed E-state index contributed by atoms with van der Waals surface area (Å²) in [6.45, 7) is 1.97. The van der Waals surface area contributed by atoms with Crippen LogP contribution in [-0.4, -0.2) is 4.98 Å². The molecule has 4 nitrogen and oxygen atoms in total. The fraction of sp³-hybridized carbons (Fsp3) is 0.133. The van der Waals surface area contributed by atoms with Crippen molar-refractivity contribution in [3.8, 4) is 0 Å². The summed E-state index contributed by atoms with van der Waals surface area (Å²) in [4.78, 5) is 13.8. The van der Waals surface area contributed by atoms with E-state index >= 15 is 0 Å². The zero-order valence-corrected chi connectivity index (χ0v) is 11.6. The highest BCUT2D eigenvalue weighted by atomic mass is 35.5. The molecule has 0 saturated carbocycles. The minimum absolute atomic E-state index is 0.295. The van der Waals surface area contributed by atoms with Crippen molar-refractivity contribution in [3.05, 3.63) is 68.7 Å². The molecule has 1 unspecified atom stereocenters. The summed E-state index contributed by atoms with van der Waals surface area (Å²) in [5.74, 6) is -0.464. The van der Waals surface area contributed by atoms with Gasteiger partial charge >= 0.3 is 5.76 Å². The maximum atomic E-state index is 11.2. The van der Waals surface area contributed by atoms with Crippen molar-refractivity contribution in [1.82, 2.24) is 4.98 Å². The van der Waals surface area contributed by atoms with Crippen molar-refractivity contribution in [1.29, 1.82) is 0 Å². The zero-order valence-electron chi connectivity index (χ0n) is 10.8. The molecule has 3 aromatic rings. The standard InChI is InChI=1S/C15H13ClN2O2/c1-8-6-10(16)3-4-11(8)14(17)9-2-5-12-13(7-9)20-15(19)18-12/h2-7,14H,17H2,1H3,(H,18,19). The van der Waals surface area contributed by atoms with Crippen molar-refractivity contribution in [2.24, 2.45) is 5.73 Å². The fourth-order valence-electron chi connectivity index (χ4n) is 2.32. The molecule has 3 N–H and O–H groups in total. The maximum absolute atomic E-state index is 11.2.